The van der Waals surface area contributed by atoms with Crippen LogP contribution < -0.4 is 0 Å². The predicted octanol–water partition coefficient (Wildman–Crippen LogP) is 5.60. The van der Waals surface area contributed by atoms with E-state index in [2.05, 4.69) is 38.8 Å². The highest BCUT2D eigenvalue weighted by Gasteiger charge is 2.32. The Morgan fingerprint density at radius 3 is 2.53 bits per heavy atom. The third-order valence-electron chi connectivity index (χ3n) is 3.64. The van der Waals surface area contributed by atoms with Gasteiger partial charge in [-0.05, 0) is 46.3 Å². The van der Waals surface area contributed by atoms with Crippen LogP contribution in [0.15, 0.2) is 16.6 Å². The number of alkyl halides is 1. The van der Waals surface area contributed by atoms with Crippen LogP contribution in [0.25, 0.3) is 0 Å². The third kappa shape index (κ3) is 2.73. The van der Waals surface area contributed by atoms with Crippen LogP contribution in [0.3, 0.4) is 0 Å². The highest BCUT2D eigenvalue weighted by molar-refractivity contribution is 9.10. The van der Waals surface area contributed by atoms with Gasteiger partial charge in [0.15, 0.2) is 0 Å². The van der Waals surface area contributed by atoms with Crippen LogP contribution in [0.5, 0.6) is 0 Å². The van der Waals surface area contributed by atoms with E-state index < -0.39 is 5.82 Å². The van der Waals surface area contributed by atoms with E-state index in [0.29, 0.717) is 17.4 Å². The lowest BCUT2D eigenvalue weighted by Gasteiger charge is -2.22. The molecule has 0 N–H and O–H groups in total. The lowest BCUT2D eigenvalue weighted by atomic mass is 9.90. The van der Waals surface area contributed by atoms with Crippen molar-refractivity contribution in [3.63, 3.8) is 0 Å². The van der Waals surface area contributed by atoms with E-state index >= 15 is 0 Å². The molecule has 1 aromatic rings. The van der Waals surface area contributed by atoms with E-state index in [1.807, 2.05) is 0 Å². The molecule has 0 saturated heterocycles. The molecular formula is C13H14Br2F2. The molecule has 4 heteroatoms. The molecule has 1 fully saturated rings. The zero-order valence-corrected chi connectivity index (χ0v) is 12.7. The van der Waals surface area contributed by atoms with Crippen LogP contribution in [0.2, 0.25) is 0 Å². The minimum absolute atomic E-state index is 0.0948. The van der Waals surface area contributed by atoms with E-state index in [1.54, 1.807) is 0 Å². The standard InChI is InChI=1S/C13H14Br2F2/c1-7-3-2-4-8(7)13(15)9-5-12(17)10(14)6-11(9)16/h5-8,13H,2-4H2,1H3. The number of hydrogen-bond acceptors (Lipinski definition) is 0. The molecule has 0 heterocycles. The molecule has 0 amide bonds. The van der Waals surface area contributed by atoms with Gasteiger partial charge >= 0.3 is 0 Å². The molecule has 0 nitrogen and oxygen atoms in total. The summed E-state index contributed by atoms with van der Waals surface area (Å²) in [6, 6.07) is 2.50. The maximum Gasteiger partial charge on any atom is 0.137 e. The van der Waals surface area contributed by atoms with E-state index in [-0.39, 0.29) is 15.1 Å². The first-order chi connectivity index (χ1) is 8.00. The van der Waals surface area contributed by atoms with Gasteiger partial charge in [-0.3, -0.25) is 0 Å². The van der Waals surface area contributed by atoms with Crippen molar-refractivity contribution in [2.24, 2.45) is 11.8 Å². The van der Waals surface area contributed by atoms with Crippen LogP contribution in [0.4, 0.5) is 8.78 Å². The fraction of sp³-hybridized carbons (Fsp3) is 0.538. The summed E-state index contributed by atoms with van der Waals surface area (Å²) >= 11 is 6.54. The first-order valence-electron chi connectivity index (χ1n) is 5.79. The monoisotopic (exact) mass is 366 g/mol. The van der Waals surface area contributed by atoms with Gasteiger partial charge in [0.25, 0.3) is 0 Å². The minimum Gasteiger partial charge on any atom is -0.207 e. The van der Waals surface area contributed by atoms with Gasteiger partial charge in [-0.25, -0.2) is 8.78 Å². The molecule has 94 valence electrons. The summed E-state index contributed by atoms with van der Waals surface area (Å²) in [4.78, 5) is -0.0948. The summed E-state index contributed by atoms with van der Waals surface area (Å²) in [6.07, 6.45) is 3.43. The van der Waals surface area contributed by atoms with Gasteiger partial charge in [0.1, 0.15) is 11.6 Å². The van der Waals surface area contributed by atoms with E-state index in [1.165, 1.54) is 25.0 Å². The summed E-state index contributed by atoms with van der Waals surface area (Å²) in [6.45, 7) is 2.18. The summed E-state index contributed by atoms with van der Waals surface area (Å²) in [7, 11) is 0. The van der Waals surface area contributed by atoms with Gasteiger partial charge in [0.2, 0.25) is 0 Å². The fourth-order valence-electron chi connectivity index (χ4n) is 2.59. The van der Waals surface area contributed by atoms with Crippen molar-refractivity contribution in [3.8, 4) is 0 Å². The molecule has 1 saturated carbocycles. The summed E-state index contributed by atoms with van der Waals surface area (Å²) in [5.74, 6) is 0.200. The van der Waals surface area contributed by atoms with Crippen LogP contribution in [0.1, 0.15) is 36.6 Å². The smallest absolute Gasteiger partial charge is 0.137 e. The predicted molar refractivity (Wildman–Crippen MR) is 72.2 cm³/mol. The Hall–Kier alpha value is 0.0400. The average Bonchev–Trinajstić information content (AvgIpc) is 2.69. The second-order valence-corrected chi connectivity index (χ2v) is 6.60. The molecule has 3 atom stereocenters. The van der Waals surface area contributed by atoms with Crippen LogP contribution in [-0.4, -0.2) is 0 Å². The average molecular weight is 368 g/mol. The van der Waals surface area contributed by atoms with Crippen molar-refractivity contribution >= 4 is 31.9 Å². The lowest BCUT2D eigenvalue weighted by molar-refractivity contribution is 0.406. The molecular weight excluding hydrogens is 354 g/mol. The Kier molecular flexibility index (Phi) is 4.24. The van der Waals surface area contributed by atoms with Crippen LogP contribution in [0, 0.1) is 23.5 Å². The van der Waals surface area contributed by atoms with Crippen LogP contribution in [-0.2, 0) is 0 Å². The first-order valence-corrected chi connectivity index (χ1v) is 7.50. The Balaban J connectivity index is 2.30. The van der Waals surface area contributed by atoms with Crippen molar-refractivity contribution in [1.29, 1.82) is 0 Å². The van der Waals surface area contributed by atoms with Gasteiger partial charge in [0.05, 0.1) is 4.47 Å². The lowest BCUT2D eigenvalue weighted by Crippen LogP contribution is -2.12. The SMILES string of the molecule is CC1CCCC1C(Br)c1cc(F)c(Br)cc1F. The number of rotatable bonds is 2. The van der Waals surface area contributed by atoms with Crippen molar-refractivity contribution in [2.45, 2.75) is 31.0 Å². The van der Waals surface area contributed by atoms with Crippen molar-refractivity contribution in [1.82, 2.24) is 0 Å². The highest BCUT2D eigenvalue weighted by atomic mass is 79.9. The number of benzene rings is 1. The summed E-state index contributed by atoms with van der Waals surface area (Å²) in [5.41, 5.74) is 0.435. The molecule has 0 bridgehead atoms. The summed E-state index contributed by atoms with van der Waals surface area (Å²) in [5, 5.41) is 0. The molecule has 1 aliphatic rings. The largest absolute Gasteiger partial charge is 0.207 e. The van der Waals surface area contributed by atoms with Gasteiger partial charge in [-0.2, -0.15) is 0 Å². The van der Waals surface area contributed by atoms with Crippen molar-refractivity contribution in [3.05, 3.63) is 33.8 Å². The molecule has 0 aliphatic heterocycles. The topological polar surface area (TPSA) is 0 Å². The van der Waals surface area contributed by atoms with Gasteiger partial charge in [-0.1, -0.05) is 35.7 Å². The second-order valence-electron chi connectivity index (χ2n) is 4.76. The minimum atomic E-state index is -0.406. The zero-order valence-electron chi connectivity index (χ0n) is 9.52. The van der Waals surface area contributed by atoms with Crippen molar-refractivity contribution in [2.75, 3.05) is 0 Å². The first kappa shape index (κ1) is 13.5. The molecule has 17 heavy (non-hydrogen) atoms. The van der Waals surface area contributed by atoms with Gasteiger partial charge in [0, 0.05) is 10.4 Å². The highest BCUT2D eigenvalue weighted by Crippen LogP contribution is 2.45. The number of hydrogen-bond donors (Lipinski definition) is 0. The van der Waals surface area contributed by atoms with Crippen LogP contribution >= 0.6 is 31.9 Å². The molecule has 2 rings (SSSR count). The fourth-order valence-corrected chi connectivity index (χ4v) is 4.04. The quantitative estimate of drug-likeness (QED) is 0.471. The maximum atomic E-state index is 13.8. The molecule has 3 unspecified atom stereocenters. The maximum absolute atomic E-state index is 13.8. The zero-order chi connectivity index (χ0) is 12.6. The van der Waals surface area contributed by atoms with E-state index in [4.69, 9.17) is 0 Å². The van der Waals surface area contributed by atoms with E-state index in [0.717, 1.165) is 6.42 Å². The van der Waals surface area contributed by atoms with Crippen molar-refractivity contribution < 1.29 is 8.78 Å². The molecule has 0 spiro atoms. The number of halogens is 4. The Morgan fingerprint density at radius 1 is 1.24 bits per heavy atom. The summed E-state index contributed by atoms with van der Waals surface area (Å²) < 4.78 is 27.5. The Labute approximate surface area is 117 Å². The third-order valence-corrected chi connectivity index (χ3v) is 5.42. The molecule has 0 aromatic heterocycles. The second kappa shape index (κ2) is 5.35. The molecule has 1 aliphatic carbocycles. The normalized spacial score (nSPS) is 26.2. The van der Waals surface area contributed by atoms with E-state index in [9.17, 15) is 8.78 Å². The Morgan fingerprint density at radius 2 is 1.94 bits per heavy atom. The van der Waals surface area contributed by atoms with Gasteiger partial charge in [-0.15, -0.1) is 0 Å². The van der Waals surface area contributed by atoms with Gasteiger partial charge < -0.3 is 0 Å². The molecule has 1 aromatic carbocycles. The Bertz CT molecular complexity index is 420. The molecule has 0 radical (unpaired) electrons.